The molecule has 1 atom stereocenters. The number of halogens is 2. The average molecular weight is 316 g/mol. The van der Waals surface area contributed by atoms with Crippen LogP contribution in [0.25, 0.3) is 0 Å². The molecule has 0 saturated carbocycles. The third kappa shape index (κ3) is 4.69. The molecule has 0 amide bonds. The normalized spacial score (nSPS) is 11.8. The summed E-state index contributed by atoms with van der Waals surface area (Å²) in [6, 6.07) is 5.87. The summed E-state index contributed by atoms with van der Waals surface area (Å²) in [7, 11) is 0. The van der Waals surface area contributed by atoms with Gasteiger partial charge in [0.05, 0.1) is 0 Å². The highest BCUT2D eigenvalue weighted by molar-refractivity contribution is 9.10. The predicted octanol–water partition coefficient (Wildman–Crippen LogP) is 3.11. The van der Waals surface area contributed by atoms with Gasteiger partial charge in [-0.15, -0.1) is 11.8 Å². The first-order valence-electron chi connectivity index (χ1n) is 5.47. The van der Waals surface area contributed by atoms with Gasteiger partial charge >= 0.3 is 0 Å². The zero-order valence-electron chi connectivity index (χ0n) is 9.76. The smallest absolute Gasteiger partial charge is 0.0456 e. The van der Waals surface area contributed by atoms with Crippen LogP contribution in [0, 0.1) is 11.8 Å². The number of hydrogen-bond donors (Lipinski definition) is 2. The van der Waals surface area contributed by atoms with E-state index in [0.29, 0.717) is 11.6 Å². The Balaban J connectivity index is 2.68. The highest BCUT2D eigenvalue weighted by Crippen LogP contribution is 2.26. The first kappa shape index (κ1) is 14.5. The predicted molar refractivity (Wildman–Crippen MR) is 77.0 cm³/mol. The van der Waals surface area contributed by atoms with Crippen molar-refractivity contribution in [3.05, 3.63) is 33.3 Å². The van der Waals surface area contributed by atoms with E-state index in [1.807, 2.05) is 25.1 Å². The highest BCUT2D eigenvalue weighted by Gasteiger charge is 2.11. The minimum Gasteiger partial charge on any atom is -0.329 e. The zero-order chi connectivity index (χ0) is 12.7. The van der Waals surface area contributed by atoms with Crippen LogP contribution in [0.4, 0.5) is 0 Å². The number of benzene rings is 1. The van der Waals surface area contributed by atoms with Crippen molar-refractivity contribution in [3.8, 4) is 11.8 Å². The third-order valence-corrected chi connectivity index (χ3v) is 3.31. The van der Waals surface area contributed by atoms with Crippen LogP contribution in [0.1, 0.15) is 24.9 Å². The minimum absolute atomic E-state index is 0.125. The van der Waals surface area contributed by atoms with Gasteiger partial charge in [-0.05, 0) is 24.6 Å². The number of nitrogens with two attached hydrogens (primary N) is 1. The molecule has 0 aliphatic rings. The third-order valence-electron chi connectivity index (χ3n) is 2.39. The summed E-state index contributed by atoms with van der Waals surface area (Å²) in [4.78, 5) is 0. The molecule has 0 bridgehead atoms. The van der Waals surface area contributed by atoms with Crippen molar-refractivity contribution in [1.29, 1.82) is 0 Å². The summed E-state index contributed by atoms with van der Waals surface area (Å²) in [5, 5.41) is 4.10. The summed E-state index contributed by atoms with van der Waals surface area (Å²) in [6.07, 6.45) is 0.832. The average Bonchev–Trinajstić information content (AvgIpc) is 2.31. The van der Waals surface area contributed by atoms with E-state index in [9.17, 15) is 0 Å². The van der Waals surface area contributed by atoms with Crippen LogP contribution in [0.5, 0.6) is 0 Å². The van der Waals surface area contributed by atoms with E-state index >= 15 is 0 Å². The van der Waals surface area contributed by atoms with Gasteiger partial charge < -0.3 is 11.1 Å². The second-order valence-electron chi connectivity index (χ2n) is 3.59. The Bertz CT molecular complexity index is 423. The number of hydrogen-bond acceptors (Lipinski definition) is 2. The van der Waals surface area contributed by atoms with Crippen molar-refractivity contribution in [2.45, 2.75) is 19.4 Å². The van der Waals surface area contributed by atoms with Gasteiger partial charge in [-0.25, -0.2) is 0 Å². The fraction of sp³-hybridized carbons (Fsp3) is 0.385. The molecule has 0 heterocycles. The van der Waals surface area contributed by atoms with E-state index in [2.05, 4.69) is 33.1 Å². The molecule has 1 unspecified atom stereocenters. The number of nitrogens with one attached hydrogen (secondary N) is 1. The van der Waals surface area contributed by atoms with E-state index in [-0.39, 0.29) is 6.04 Å². The molecule has 0 fully saturated rings. The molecule has 17 heavy (non-hydrogen) atoms. The molecule has 0 spiro atoms. The summed E-state index contributed by atoms with van der Waals surface area (Å²) < 4.78 is 0.981. The topological polar surface area (TPSA) is 38.0 Å². The van der Waals surface area contributed by atoms with Crippen molar-refractivity contribution in [2.75, 3.05) is 13.1 Å². The Hall–Kier alpha value is -0.530. The van der Waals surface area contributed by atoms with E-state index in [4.69, 9.17) is 17.3 Å². The van der Waals surface area contributed by atoms with Crippen molar-refractivity contribution in [2.24, 2.45) is 5.73 Å². The van der Waals surface area contributed by atoms with Crippen molar-refractivity contribution >= 4 is 27.5 Å². The second-order valence-corrected chi connectivity index (χ2v) is 4.88. The Morgan fingerprint density at radius 2 is 2.29 bits per heavy atom. The molecule has 0 aromatic heterocycles. The lowest BCUT2D eigenvalue weighted by molar-refractivity contribution is 0.549. The fourth-order valence-corrected chi connectivity index (χ4v) is 2.50. The monoisotopic (exact) mass is 314 g/mol. The SMILES string of the molecule is CC#CCCNC(CN)c1ccc(Cl)cc1Br. The Labute approximate surface area is 116 Å². The van der Waals surface area contributed by atoms with Crippen LogP contribution in [-0.4, -0.2) is 13.1 Å². The molecule has 0 radical (unpaired) electrons. The van der Waals surface area contributed by atoms with Gasteiger partial charge in [-0.3, -0.25) is 0 Å². The van der Waals surface area contributed by atoms with E-state index in [0.717, 1.165) is 23.0 Å². The standard InChI is InChI=1S/C13H16BrClN2/c1-2-3-4-7-17-13(9-16)11-6-5-10(15)8-12(11)14/h5-6,8,13,17H,4,7,9,16H2,1H3. The first-order chi connectivity index (χ1) is 8.19. The molecule has 4 heteroatoms. The van der Waals surface area contributed by atoms with Crippen LogP contribution < -0.4 is 11.1 Å². The summed E-state index contributed by atoms with van der Waals surface area (Å²) in [6.45, 7) is 3.22. The molecule has 0 aliphatic carbocycles. The van der Waals surface area contributed by atoms with E-state index in [1.54, 1.807) is 0 Å². The Kier molecular flexibility index (Phi) is 6.61. The van der Waals surface area contributed by atoms with Crippen molar-refractivity contribution in [1.82, 2.24) is 5.32 Å². The zero-order valence-corrected chi connectivity index (χ0v) is 12.1. The van der Waals surface area contributed by atoms with Gasteiger partial charge in [0.1, 0.15) is 0 Å². The fourth-order valence-electron chi connectivity index (χ4n) is 1.54. The van der Waals surface area contributed by atoms with Crippen LogP contribution in [0.2, 0.25) is 5.02 Å². The van der Waals surface area contributed by atoms with Gasteiger partial charge in [-0.1, -0.05) is 33.6 Å². The molecule has 1 aromatic rings. The number of rotatable bonds is 5. The highest BCUT2D eigenvalue weighted by atomic mass is 79.9. The van der Waals surface area contributed by atoms with E-state index < -0.39 is 0 Å². The van der Waals surface area contributed by atoms with Gasteiger partial charge in [0, 0.05) is 35.0 Å². The van der Waals surface area contributed by atoms with Gasteiger partial charge in [-0.2, -0.15) is 0 Å². The first-order valence-corrected chi connectivity index (χ1v) is 6.64. The molecule has 0 saturated heterocycles. The van der Waals surface area contributed by atoms with Crippen LogP contribution in [0.3, 0.4) is 0 Å². The Morgan fingerprint density at radius 1 is 1.53 bits per heavy atom. The van der Waals surface area contributed by atoms with Crippen LogP contribution in [0.15, 0.2) is 22.7 Å². The lowest BCUT2D eigenvalue weighted by atomic mass is 10.1. The minimum atomic E-state index is 0.125. The van der Waals surface area contributed by atoms with Gasteiger partial charge in [0.2, 0.25) is 0 Å². The lowest BCUT2D eigenvalue weighted by Crippen LogP contribution is -2.29. The molecule has 1 aromatic carbocycles. The molecular weight excluding hydrogens is 300 g/mol. The maximum Gasteiger partial charge on any atom is 0.0456 e. The lowest BCUT2D eigenvalue weighted by Gasteiger charge is -2.18. The van der Waals surface area contributed by atoms with E-state index in [1.165, 1.54) is 0 Å². The maximum absolute atomic E-state index is 5.91. The maximum atomic E-state index is 5.91. The van der Waals surface area contributed by atoms with Gasteiger partial charge in [0.15, 0.2) is 0 Å². The quantitative estimate of drug-likeness (QED) is 0.647. The molecule has 92 valence electrons. The molecular formula is C13H16BrClN2. The molecule has 1 rings (SSSR count). The van der Waals surface area contributed by atoms with Crippen LogP contribution >= 0.6 is 27.5 Å². The summed E-state index contributed by atoms with van der Waals surface area (Å²) >= 11 is 9.41. The van der Waals surface area contributed by atoms with Crippen LogP contribution in [-0.2, 0) is 0 Å². The Morgan fingerprint density at radius 3 is 2.88 bits per heavy atom. The van der Waals surface area contributed by atoms with Crippen molar-refractivity contribution in [3.63, 3.8) is 0 Å². The molecule has 0 aliphatic heterocycles. The summed E-state index contributed by atoms with van der Waals surface area (Å²) in [5.41, 5.74) is 6.90. The largest absolute Gasteiger partial charge is 0.329 e. The van der Waals surface area contributed by atoms with Gasteiger partial charge in [0.25, 0.3) is 0 Å². The molecule has 3 N–H and O–H groups in total. The summed E-state index contributed by atoms with van der Waals surface area (Å²) in [5.74, 6) is 5.89. The molecule has 2 nitrogen and oxygen atoms in total. The second kappa shape index (κ2) is 7.73. The van der Waals surface area contributed by atoms with Crippen molar-refractivity contribution < 1.29 is 0 Å².